The number of methoxy groups -OCH3 is 1. The summed E-state index contributed by atoms with van der Waals surface area (Å²) in [5.74, 6) is 2.49. The van der Waals surface area contributed by atoms with Crippen LogP contribution >= 0.6 is 0 Å². The van der Waals surface area contributed by atoms with Gasteiger partial charge in [-0.2, -0.15) is 0 Å². The number of benzene rings is 1. The Bertz CT molecular complexity index is 489. The van der Waals surface area contributed by atoms with E-state index in [-0.39, 0.29) is 0 Å². The lowest BCUT2D eigenvalue weighted by Crippen LogP contribution is -2.40. The summed E-state index contributed by atoms with van der Waals surface area (Å²) in [5, 5.41) is 6.74. The van der Waals surface area contributed by atoms with Gasteiger partial charge in [0.25, 0.3) is 0 Å². The molecule has 0 aromatic heterocycles. The van der Waals surface area contributed by atoms with Crippen LogP contribution < -0.4 is 20.3 Å². The molecule has 1 aromatic carbocycles. The SMILES string of the molecule is CCCNC(=NC)NCC1CCN(c2ccccc2OC)C1. The summed E-state index contributed by atoms with van der Waals surface area (Å²) in [7, 11) is 3.55. The highest BCUT2D eigenvalue weighted by molar-refractivity contribution is 5.79. The maximum absolute atomic E-state index is 5.47. The Morgan fingerprint density at radius 1 is 1.36 bits per heavy atom. The third kappa shape index (κ3) is 4.29. The van der Waals surface area contributed by atoms with Gasteiger partial charge in [0.05, 0.1) is 12.8 Å². The molecule has 2 N–H and O–H groups in total. The standard InChI is InChI=1S/C17H28N4O/c1-4-10-19-17(18-2)20-12-14-9-11-21(13-14)15-7-5-6-8-16(15)22-3/h5-8,14H,4,9-13H2,1-3H3,(H2,18,19,20). The van der Waals surface area contributed by atoms with Crippen LogP contribution in [-0.2, 0) is 0 Å². The minimum atomic E-state index is 0.630. The van der Waals surface area contributed by atoms with Gasteiger partial charge in [0.2, 0.25) is 0 Å². The van der Waals surface area contributed by atoms with Crippen LogP contribution in [0.15, 0.2) is 29.3 Å². The fourth-order valence-electron chi connectivity index (χ4n) is 2.81. The van der Waals surface area contributed by atoms with Crippen LogP contribution in [-0.4, -0.2) is 46.3 Å². The third-order valence-electron chi connectivity index (χ3n) is 4.04. The molecule has 1 atom stereocenters. The maximum atomic E-state index is 5.47. The van der Waals surface area contributed by atoms with Crippen molar-refractivity contribution in [3.05, 3.63) is 24.3 Å². The molecule has 122 valence electrons. The molecule has 0 aliphatic carbocycles. The van der Waals surface area contributed by atoms with Crippen molar-refractivity contribution >= 4 is 11.6 Å². The van der Waals surface area contributed by atoms with Crippen LogP contribution in [0.25, 0.3) is 0 Å². The summed E-state index contributed by atoms with van der Waals surface area (Å²) in [5.41, 5.74) is 1.20. The molecule has 22 heavy (non-hydrogen) atoms. The molecular formula is C17H28N4O. The van der Waals surface area contributed by atoms with E-state index in [2.05, 4.69) is 39.6 Å². The predicted octanol–water partition coefficient (Wildman–Crippen LogP) is 2.10. The normalized spacial score (nSPS) is 18.4. The van der Waals surface area contributed by atoms with E-state index < -0.39 is 0 Å². The Morgan fingerprint density at radius 3 is 2.91 bits per heavy atom. The van der Waals surface area contributed by atoms with E-state index in [0.717, 1.165) is 44.3 Å². The highest BCUT2D eigenvalue weighted by Gasteiger charge is 2.24. The van der Waals surface area contributed by atoms with Crippen molar-refractivity contribution in [2.24, 2.45) is 10.9 Å². The van der Waals surface area contributed by atoms with Gasteiger partial charge in [0.1, 0.15) is 5.75 Å². The lowest BCUT2D eigenvalue weighted by atomic mass is 10.1. The molecule has 5 heteroatoms. The van der Waals surface area contributed by atoms with Gasteiger partial charge in [0, 0.05) is 33.2 Å². The molecule has 1 unspecified atom stereocenters. The first-order valence-corrected chi connectivity index (χ1v) is 8.11. The Kier molecular flexibility index (Phi) is 6.37. The number of guanidine groups is 1. The summed E-state index contributed by atoms with van der Waals surface area (Å²) >= 11 is 0. The fourth-order valence-corrected chi connectivity index (χ4v) is 2.81. The predicted molar refractivity (Wildman–Crippen MR) is 93.0 cm³/mol. The minimum absolute atomic E-state index is 0.630. The van der Waals surface area contributed by atoms with Crippen LogP contribution in [0.3, 0.4) is 0 Å². The van der Waals surface area contributed by atoms with Crippen molar-refractivity contribution in [3.63, 3.8) is 0 Å². The number of anilines is 1. The number of para-hydroxylation sites is 2. The van der Waals surface area contributed by atoms with E-state index in [0.29, 0.717) is 5.92 Å². The largest absolute Gasteiger partial charge is 0.495 e. The van der Waals surface area contributed by atoms with Gasteiger partial charge in [-0.15, -0.1) is 0 Å². The average Bonchev–Trinajstić information content (AvgIpc) is 3.04. The monoisotopic (exact) mass is 304 g/mol. The molecular weight excluding hydrogens is 276 g/mol. The zero-order valence-corrected chi connectivity index (χ0v) is 13.9. The topological polar surface area (TPSA) is 48.9 Å². The molecule has 2 rings (SSSR count). The van der Waals surface area contributed by atoms with Gasteiger partial charge in [-0.05, 0) is 30.9 Å². The van der Waals surface area contributed by atoms with Crippen LogP contribution in [0, 0.1) is 5.92 Å². The Balaban J connectivity index is 1.85. The van der Waals surface area contributed by atoms with Crippen molar-refractivity contribution < 1.29 is 4.74 Å². The minimum Gasteiger partial charge on any atom is -0.495 e. The number of ether oxygens (including phenoxy) is 1. The zero-order chi connectivity index (χ0) is 15.8. The fraction of sp³-hybridized carbons (Fsp3) is 0.588. The first-order chi connectivity index (χ1) is 10.8. The second-order valence-corrected chi connectivity index (χ2v) is 5.65. The van der Waals surface area contributed by atoms with Gasteiger partial charge in [-0.25, -0.2) is 0 Å². The van der Waals surface area contributed by atoms with Crippen LogP contribution in [0.2, 0.25) is 0 Å². The Labute approximate surface area is 133 Å². The first-order valence-electron chi connectivity index (χ1n) is 8.11. The first kappa shape index (κ1) is 16.5. The number of nitrogens with one attached hydrogen (secondary N) is 2. The van der Waals surface area contributed by atoms with Crippen LogP contribution in [0.5, 0.6) is 5.75 Å². The summed E-state index contributed by atoms with van der Waals surface area (Å²) in [4.78, 5) is 6.66. The molecule has 1 fully saturated rings. The number of rotatable bonds is 6. The molecule has 1 heterocycles. The smallest absolute Gasteiger partial charge is 0.190 e. The molecule has 1 aromatic rings. The Morgan fingerprint density at radius 2 is 2.18 bits per heavy atom. The zero-order valence-electron chi connectivity index (χ0n) is 13.9. The van der Waals surface area contributed by atoms with Crippen LogP contribution in [0.4, 0.5) is 5.69 Å². The molecule has 0 amide bonds. The maximum Gasteiger partial charge on any atom is 0.190 e. The molecule has 1 aliphatic rings. The van der Waals surface area contributed by atoms with E-state index in [4.69, 9.17) is 4.74 Å². The van der Waals surface area contributed by atoms with E-state index in [1.165, 1.54) is 12.1 Å². The molecule has 5 nitrogen and oxygen atoms in total. The molecule has 0 saturated carbocycles. The van der Waals surface area contributed by atoms with Crippen molar-refractivity contribution in [2.45, 2.75) is 19.8 Å². The van der Waals surface area contributed by atoms with E-state index in [1.54, 1.807) is 7.11 Å². The lowest BCUT2D eigenvalue weighted by Gasteiger charge is -2.21. The quantitative estimate of drug-likeness (QED) is 0.624. The van der Waals surface area contributed by atoms with E-state index >= 15 is 0 Å². The number of aliphatic imine (C=N–C) groups is 1. The molecule has 1 saturated heterocycles. The van der Waals surface area contributed by atoms with Gasteiger partial charge in [0.15, 0.2) is 5.96 Å². The highest BCUT2D eigenvalue weighted by Crippen LogP contribution is 2.31. The van der Waals surface area contributed by atoms with E-state index in [1.807, 2.05) is 19.2 Å². The summed E-state index contributed by atoms with van der Waals surface area (Å²) in [6.07, 6.45) is 2.29. The van der Waals surface area contributed by atoms with Crippen molar-refractivity contribution in [1.29, 1.82) is 0 Å². The summed E-state index contributed by atoms with van der Waals surface area (Å²) in [6, 6.07) is 8.24. The van der Waals surface area contributed by atoms with Crippen molar-refractivity contribution in [1.82, 2.24) is 10.6 Å². The third-order valence-corrected chi connectivity index (χ3v) is 4.04. The molecule has 1 aliphatic heterocycles. The second-order valence-electron chi connectivity index (χ2n) is 5.65. The van der Waals surface area contributed by atoms with Crippen molar-refractivity contribution in [2.75, 3.05) is 45.2 Å². The molecule has 0 bridgehead atoms. The number of hydrogen-bond acceptors (Lipinski definition) is 3. The molecule has 0 spiro atoms. The van der Waals surface area contributed by atoms with Gasteiger partial charge >= 0.3 is 0 Å². The van der Waals surface area contributed by atoms with Crippen molar-refractivity contribution in [3.8, 4) is 5.75 Å². The Hall–Kier alpha value is -1.91. The second kappa shape index (κ2) is 8.51. The highest BCUT2D eigenvalue weighted by atomic mass is 16.5. The molecule has 0 radical (unpaired) electrons. The average molecular weight is 304 g/mol. The van der Waals surface area contributed by atoms with Gasteiger partial charge in [-0.3, -0.25) is 4.99 Å². The van der Waals surface area contributed by atoms with Crippen LogP contribution in [0.1, 0.15) is 19.8 Å². The number of nitrogens with zero attached hydrogens (tertiary/aromatic N) is 2. The van der Waals surface area contributed by atoms with Gasteiger partial charge < -0.3 is 20.3 Å². The van der Waals surface area contributed by atoms with E-state index in [9.17, 15) is 0 Å². The number of hydrogen-bond donors (Lipinski definition) is 2. The van der Waals surface area contributed by atoms with Gasteiger partial charge in [-0.1, -0.05) is 19.1 Å². The summed E-state index contributed by atoms with van der Waals surface area (Å²) < 4.78 is 5.47. The summed E-state index contributed by atoms with van der Waals surface area (Å²) in [6.45, 7) is 6.20. The lowest BCUT2D eigenvalue weighted by molar-refractivity contribution is 0.414.